The average Bonchev–Trinajstić information content (AvgIpc) is 2.39. The van der Waals surface area contributed by atoms with E-state index < -0.39 is 0 Å². The molecule has 0 fully saturated rings. The number of anilines is 1. The molecule has 2 rings (SSSR count). The number of nitrogens with zero attached hydrogens (tertiary/aromatic N) is 1. The lowest BCUT2D eigenvalue weighted by atomic mass is 10.3. The van der Waals surface area contributed by atoms with Gasteiger partial charge in [-0.3, -0.25) is 4.98 Å². The second-order valence-electron chi connectivity index (χ2n) is 3.78. The molecule has 0 spiro atoms. The third-order valence-corrected chi connectivity index (χ3v) is 2.88. The van der Waals surface area contributed by atoms with Gasteiger partial charge in [0.25, 0.3) is 0 Å². The first-order valence-electron chi connectivity index (χ1n) is 5.85. The standard InChI is InChI=1S/C14H15BrN2O/c1-2-18-14-5-3-4-12(8-14)17-10-13-7-6-11(15)9-16-13/h3-9,17H,2,10H2,1H3. The van der Waals surface area contributed by atoms with Gasteiger partial charge in [-0.05, 0) is 47.1 Å². The quantitative estimate of drug-likeness (QED) is 0.911. The highest BCUT2D eigenvalue weighted by Gasteiger charge is 1.98. The van der Waals surface area contributed by atoms with Crippen LogP contribution in [0.1, 0.15) is 12.6 Å². The highest BCUT2D eigenvalue weighted by atomic mass is 79.9. The van der Waals surface area contributed by atoms with Crippen molar-refractivity contribution in [2.75, 3.05) is 11.9 Å². The molecule has 2 aromatic rings. The van der Waals surface area contributed by atoms with Crippen molar-refractivity contribution in [3.63, 3.8) is 0 Å². The summed E-state index contributed by atoms with van der Waals surface area (Å²) in [5.41, 5.74) is 2.03. The summed E-state index contributed by atoms with van der Waals surface area (Å²) >= 11 is 3.37. The summed E-state index contributed by atoms with van der Waals surface area (Å²) in [6, 6.07) is 11.9. The fourth-order valence-electron chi connectivity index (χ4n) is 1.57. The SMILES string of the molecule is CCOc1cccc(NCc2ccc(Br)cn2)c1. The summed E-state index contributed by atoms with van der Waals surface area (Å²) in [7, 11) is 0. The zero-order valence-corrected chi connectivity index (χ0v) is 11.8. The molecule has 0 aliphatic rings. The van der Waals surface area contributed by atoms with Gasteiger partial charge in [0.1, 0.15) is 5.75 Å². The number of pyridine rings is 1. The molecule has 0 saturated heterocycles. The number of benzene rings is 1. The van der Waals surface area contributed by atoms with Gasteiger partial charge in [0.15, 0.2) is 0 Å². The van der Waals surface area contributed by atoms with Crippen molar-refractivity contribution in [1.82, 2.24) is 4.98 Å². The van der Waals surface area contributed by atoms with Gasteiger partial charge in [0.05, 0.1) is 18.8 Å². The molecule has 1 aromatic carbocycles. The Balaban J connectivity index is 1.97. The van der Waals surface area contributed by atoms with Crippen LogP contribution >= 0.6 is 15.9 Å². The Morgan fingerprint density at radius 1 is 1.28 bits per heavy atom. The number of halogens is 1. The van der Waals surface area contributed by atoms with Crippen LogP contribution in [-0.4, -0.2) is 11.6 Å². The normalized spacial score (nSPS) is 10.1. The minimum Gasteiger partial charge on any atom is -0.494 e. The topological polar surface area (TPSA) is 34.1 Å². The van der Waals surface area contributed by atoms with E-state index in [0.29, 0.717) is 13.2 Å². The van der Waals surface area contributed by atoms with E-state index in [-0.39, 0.29) is 0 Å². The van der Waals surface area contributed by atoms with Crippen molar-refractivity contribution in [3.05, 3.63) is 52.8 Å². The molecule has 1 aromatic heterocycles. The Bertz CT molecular complexity index is 499. The van der Waals surface area contributed by atoms with E-state index in [9.17, 15) is 0 Å². The van der Waals surface area contributed by atoms with Gasteiger partial charge < -0.3 is 10.1 Å². The Labute approximate surface area is 115 Å². The molecule has 4 heteroatoms. The largest absolute Gasteiger partial charge is 0.494 e. The first kappa shape index (κ1) is 12.9. The minimum absolute atomic E-state index is 0.678. The molecule has 94 valence electrons. The predicted octanol–water partition coefficient (Wildman–Crippen LogP) is 3.85. The Morgan fingerprint density at radius 2 is 2.17 bits per heavy atom. The summed E-state index contributed by atoms with van der Waals surface area (Å²) in [5, 5.41) is 3.32. The molecule has 0 amide bonds. The zero-order chi connectivity index (χ0) is 12.8. The van der Waals surface area contributed by atoms with Crippen LogP contribution in [0.25, 0.3) is 0 Å². The molecule has 0 aliphatic heterocycles. The second-order valence-corrected chi connectivity index (χ2v) is 4.70. The van der Waals surface area contributed by atoms with E-state index in [2.05, 4.69) is 26.2 Å². The van der Waals surface area contributed by atoms with E-state index in [1.54, 1.807) is 6.20 Å². The van der Waals surface area contributed by atoms with Crippen LogP contribution in [0, 0.1) is 0 Å². The van der Waals surface area contributed by atoms with Gasteiger partial charge in [-0.2, -0.15) is 0 Å². The number of hydrogen-bond acceptors (Lipinski definition) is 3. The van der Waals surface area contributed by atoms with Crippen molar-refractivity contribution < 1.29 is 4.74 Å². The number of nitrogens with one attached hydrogen (secondary N) is 1. The third kappa shape index (κ3) is 3.74. The molecule has 0 radical (unpaired) electrons. The Morgan fingerprint density at radius 3 is 2.89 bits per heavy atom. The van der Waals surface area contributed by atoms with E-state index in [4.69, 9.17) is 4.74 Å². The second kappa shape index (κ2) is 6.40. The monoisotopic (exact) mass is 306 g/mol. The van der Waals surface area contributed by atoms with Crippen LogP contribution in [0.4, 0.5) is 5.69 Å². The third-order valence-electron chi connectivity index (χ3n) is 2.41. The van der Waals surface area contributed by atoms with Gasteiger partial charge in [-0.15, -0.1) is 0 Å². The van der Waals surface area contributed by atoms with Crippen LogP contribution < -0.4 is 10.1 Å². The summed E-state index contributed by atoms with van der Waals surface area (Å²) in [4.78, 5) is 4.31. The van der Waals surface area contributed by atoms with Gasteiger partial charge in [0.2, 0.25) is 0 Å². The molecular formula is C14H15BrN2O. The summed E-state index contributed by atoms with van der Waals surface area (Å²) < 4.78 is 6.44. The smallest absolute Gasteiger partial charge is 0.121 e. The first-order valence-corrected chi connectivity index (χ1v) is 6.64. The van der Waals surface area contributed by atoms with E-state index >= 15 is 0 Å². The molecule has 18 heavy (non-hydrogen) atoms. The molecule has 0 bridgehead atoms. The molecule has 0 aliphatic carbocycles. The molecule has 1 N–H and O–H groups in total. The lowest BCUT2D eigenvalue weighted by molar-refractivity contribution is 0.340. The predicted molar refractivity (Wildman–Crippen MR) is 76.9 cm³/mol. The van der Waals surface area contributed by atoms with Crippen LogP contribution in [-0.2, 0) is 6.54 Å². The van der Waals surface area contributed by atoms with E-state index in [1.807, 2.05) is 43.3 Å². The molecular weight excluding hydrogens is 292 g/mol. The Kier molecular flexibility index (Phi) is 4.59. The van der Waals surface area contributed by atoms with Gasteiger partial charge in [-0.1, -0.05) is 6.07 Å². The Hall–Kier alpha value is -1.55. The first-order chi connectivity index (χ1) is 8.78. The zero-order valence-electron chi connectivity index (χ0n) is 10.2. The number of aromatic nitrogens is 1. The molecule has 0 atom stereocenters. The summed E-state index contributed by atoms with van der Waals surface area (Å²) in [5.74, 6) is 0.881. The van der Waals surface area contributed by atoms with Gasteiger partial charge >= 0.3 is 0 Å². The highest BCUT2D eigenvalue weighted by Crippen LogP contribution is 2.18. The number of hydrogen-bond donors (Lipinski definition) is 1. The van der Waals surface area contributed by atoms with Crippen molar-refractivity contribution in [2.24, 2.45) is 0 Å². The van der Waals surface area contributed by atoms with E-state index in [0.717, 1.165) is 21.6 Å². The van der Waals surface area contributed by atoms with Crippen LogP contribution in [0.2, 0.25) is 0 Å². The van der Waals surface area contributed by atoms with Crippen molar-refractivity contribution in [2.45, 2.75) is 13.5 Å². The fourth-order valence-corrected chi connectivity index (χ4v) is 1.80. The maximum Gasteiger partial charge on any atom is 0.121 e. The highest BCUT2D eigenvalue weighted by molar-refractivity contribution is 9.10. The van der Waals surface area contributed by atoms with Crippen molar-refractivity contribution in [3.8, 4) is 5.75 Å². The van der Waals surface area contributed by atoms with Gasteiger partial charge in [-0.25, -0.2) is 0 Å². The number of ether oxygens (including phenoxy) is 1. The number of rotatable bonds is 5. The molecule has 3 nitrogen and oxygen atoms in total. The van der Waals surface area contributed by atoms with Crippen molar-refractivity contribution in [1.29, 1.82) is 0 Å². The maximum absolute atomic E-state index is 5.45. The lowest BCUT2D eigenvalue weighted by Crippen LogP contribution is -2.01. The summed E-state index contributed by atoms with van der Waals surface area (Å²) in [6.07, 6.45) is 1.80. The van der Waals surface area contributed by atoms with Crippen LogP contribution in [0.3, 0.4) is 0 Å². The molecule has 0 saturated carbocycles. The van der Waals surface area contributed by atoms with Crippen LogP contribution in [0.5, 0.6) is 5.75 Å². The van der Waals surface area contributed by atoms with Crippen molar-refractivity contribution >= 4 is 21.6 Å². The van der Waals surface area contributed by atoms with Crippen LogP contribution in [0.15, 0.2) is 47.1 Å². The average molecular weight is 307 g/mol. The minimum atomic E-state index is 0.678. The summed E-state index contributed by atoms with van der Waals surface area (Å²) in [6.45, 7) is 3.35. The maximum atomic E-state index is 5.45. The molecule has 1 heterocycles. The van der Waals surface area contributed by atoms with E-state index in [1.165, 1.54) is 0 Å². The lowest BCUT2D eigenvalue weighted by Gasteiger charge is -2.08. The fraction of sp³-hybridized carbons (Fsp3) is 0.214. The van der Waals surface area contributed by atoms with Gasteiger partial charge in [0, 0.05) is 22.4 Å². The molecule has 0 unspecified atom stereocenters.